The lowest BCUT2D eigenvalue weighted by atomic mass is 10.3. The fourth-order valence-electron chi connectivity index (χ4n) is 1.08. The first kappa shape index (κ1) is 11.2. The number of ether oxygens (including phenoxy) is 1. The smallest absolute Gasteiger partial charge is 0.358 e. The van der Waals surface area contributed by atoms with Crippen LogP contribution in [0.3, 0.4) is 0 Å². The molecule has 1 aromatic heterocycles. The first-order chi connectivity index (χ1) is 7.25. The van der Waals surface area contributed by atoms with E-state index >= 15 is 0 Å². The van der Waals surface area contributed by atoms with Crippen molar-refractivity contribution in [1.82, 2.24) is 4.98 Å². The van der Waals surface area contributed by atoms with Crippen molar-refractivity contribution in [2.45, 2.75) is 12.8 Å². The average Bonchev–Trinajstić information content (AvgIpc) is 2.25. The SMILES string of the molecule is C=CCCCOc1cccnc1C(=O)O. The highest BCUT2D eigenvalue weighted by atomic mass is 16.5. The van der Waals surface area contributed by atoms with Gasteiger partial charge in [-0.25, -0.2) is 9.78 Å². The Hall–Kier alpha value is -1.84. The summed E-state index contributed by atoms with van der Waals surface area (Å²) in [6.07, 6.45) is 4.89. The van der Waals surface area contributed by atoms with Gasteiger partial charge in [0.25, 0.3) is 0 Å². The van der Waals surface area contributed by atoms with Gasteiger partial charge in [0, 0.05) is 6.20 Å². The number of aromatic nitrogens is 1. The second kappa shape index (κ2) is 5.80. The molecule has 1 rings (SSSR count). The summed E-state index contributed by atoms with van der Waals surface area (Å²) in [5.41, 5.74) is -0.0453. The molecule has 15 heavy (non-hydrogen) atoms. The highest BCUT2D eigenvalue weighted by Gasteiger charge is 2.11. The largest absolute Gasteiger partial charge is 0.491 e. The van der Waals surface area contributed by atoms with Gasteiger partial charge in [0.1, 0.15) is 0 Å². The summed E-state index contributed by atoms with van der Waals surface area (Å²) < 4.78 is 5.31. The number of rotatable bonds is 6. The summed E-state index contributed by atoms with van der Waals surface area (Å²) in [6, 6.07) is 3.25. The minimum absolute atomic E-state index is 0.0453. The van der Waals surface area contributed by atoms with Gasteiger partial charge in [-0.1, -0.05) is 6.08 Å². The number of allylic oxidation sites excluding steroid dienone is 1. The second-order valence-electron chi connectivity index (χ2n) is 2.93. The van der Waals surface area contributed by atoms with Gasteiger partial charge < -0.3 is 9.84 Å². The molecule has 0 radical (unpaired) electrons. The number of carboxylic acids is 1. The van der Waals surface area contributed by atoms with Crippen LogP contribution in [0.5, 0.6) is 5.75 Å². The predicted octanol–water partition coefficient (Wildman–Crippen LogP) is 2.12. The lowest BCUT2D eigenvalue weighted by Crippen LogP contribution is -2.06. The maximum atomic E-state index is 10.8. The molecule has 0 atom stereocenters. The number of hydrogen-bond donors (Lipinski definition) is 1. The highest BCUT2D eigenvalue weighted by molar-refractivity contribution is 5.88. The lowest BCUT2D eigenvalue weighted by Gasteiger charge is -2.06. The molecule has 1 N–H and O–H groups in total. The Morgan fingerprint density at radius 1 is 1.67 bits per heavy atom. The van der Waals surface area contributed by atoms with Crippen molar-refractivity contribution in [1.29, 1.82) is 0 Å². The first-order valence-corrected chi connectivity index (χ1v) is 4.67. The molecule has 0 aliphatic heterocycles. The molecule has 0 bridgehead atoms. The number of aromatic carboxylic acids is 1. The van der Waals surface area contributed by atoms with Crippen molar-refractivity contribution in [3.8, 4) is 5.75 Å². The quantitative estimate of drug-likeness (QED) is 0.573. The summed E-state index contributed by atoms with van der Waals surface area (Å²) in [7, 11) is 0. The van der Waals surface area contributed by atoms with Crippen LogP contribution in [0, 0.1) is 0 Å². The van der Waals surface area contributed by atoms with E-state index in [4.69, 9.17) is 9.84 Å². The van der Waals surface area contributed by atoms with Gasteiger partial charge in [-0.05, 0) is 25.0 Å². The van der Waals surface area contributed by atoms with E-state index in [2.05, 4.69) is 11.6 Å². The Bertz CT molecular complexity index is 349. The maximum absolute atomic E-state index is 10.8. The summed E-state index contributed by atoms with van der Waals surface area (Å²) in [6.45, 7) is 4.06. The van der Waals surface area contributed by atoms with Gasteiger partial charge in [-0.2, -0.15) is 0 Å². The second-order valence-corrected chi connectivity index (χ2v) is 2.93. The molecular formula is C11H13NO3. The van der Waals surface area contributed by atoms with E-state index in [-0.39, 0.29) is 5.69 Å². The van der Waals surface area contributed by atoms with Gasteiger partial charge in [-0.15, -0.1) is 6.58 Å². The summed E-state index contributed by atoms with van der Waals surface area (Å²) >= 11 is 0. The van der Waals surface area contributed by atoms with E-state index in [1.54, 1.807) is 18.2 Å². The topological polar surface area (TPSA) is 59.4 Å². The molecule has 0 saturated heterocycles. The van der Waals surface area contributed by atoms with Crippen LogP contribution >= 0.6 is 0 Å². The number of hydrogen-bond acceptors (Lipinski definition) is 3. The number of nitrogens with zero attached hydrogens (tertiary/aromatic N) is 1. The van der Waals surface area contributed by atoms with E-state index in [1.807, 2.05) is 0 Å². The molecule has 0 fully saturated rings. The standard InChI is InChI=1S/C11H13NO3/c1-2-3-4-8-15-9-6-5-7-12-10(9)11(13)14/h2,5-7H,1,3-4,8H2,(H,13,14). The van der Waals surface area contributed by atoms with E-state index in [0.717, 1.165) is 12.8 Å². The molecule has 0 aliphatic rings. The third-order valence-corrected chi connectivity index (χ3v) is 1.78. The van der Waals surface area contributed by atoms with Crippen molar-refractivity contribution in [2.24, 2.45) is 0 Å². The molecule has 1 aromatic rings. The molecule has 0 spiro atoms. The maximum Gasteiger partial charge on any atom is 0.358 e. The van der Waals surface area contributed by atoms with Crippen molar-refractivity contribution in [3.05, 3.63) is 36.7 Å². The molecule has 0 saturated carbocycles. The third kappa shape index (κ3) is 3.42. The van der Waals surface area contributed by atoms with Gasteiger partial charge in [0.2, 0.25) is 0 Å². The zero-order chi connectivity index (χ0) is 11.1. The minimum Gasteiger partial charge on any atom is -0.491 e. The zero-order valence-electron chi connectivity index (χ0n) is 8.35. The molecule has 0 unspecified atom stereocenters. The molecule has 0 aliphatic carbocycles. The van der Waals surface area contributed by atoms with E-state index < -0.39 is 5.97 Å². The fourth-order valence-corrected chi connectivity index (χ4v) is 1.08. The lowest BCUT2D eigenvalue weighted by molar-refractivity contribution is 0.0685. The molecule has 80 valence electrons. The van der Waals surface area contributed by atoms with Crippen LogP contribution in [0.15, 0.2) is 31.0 Å². The zero-order valence-corrected chi connectivity index (χ0v) is 8.35. The van der Waals surface area contributed by atoms with E-state index in [0.29, 0.717) is 12.4 Å². The molecule has 0 amide bonds. The Morgan fingerprint density at radius 2 is 2.47 bits per heavy atom. The number of pyridine rings is 1. The normalized spacial score (nSPS) is 9.60. The number of carbonyl (C=O) groups is 1. The Morgan fingerprint density at radius 3 is 3.13 bits per heavy atom. The third-order valence-electron chi connectivity index (χ3n) is 1.78. The Labute approximate surface area is 88.2 Å². The predicted molar refractivity (Wildman–Crippen MR) is 56.1 cm³/mol. The molecular weight excluding hydrogens is 194 g/mol. The molecule has 4 heteroatoms. The van der Waals surface area contributed by atoms with E-state index in [9.17, 15) is 4.79 Å². The summed E-state index contributed by atoms with van der Waals surface area (Å²) in [5, 5.41) is 8.81. The molecule has 4 nitrogen and oxygen atoms in total. The van der Waals surface area contributed by atoms with Gasteiger partial charge in [0.05, 0.1) is 6.61 Å². The Kier molecular flexibility index (Phi) is 4.34. The fraction of sp³-hybridized carbons (Fsp3) is 0.273. The molecule has 0 aromatic carbocycles. The average molecular weight is 207 g/mol. The van der Waals surface area contributed by atoms with Gasteiger partial charge in [0.15, 0.2) is 11.4 Å². The Balaban J connectivity index is 2.59. The van der Waals surface area contributed by atoms with Crippen LogP contribution in [0.25, 0.3) is 0 Å². The van der Waals surface area contributed by atoms with Gasteiger partial charge >= 0.3 is 5.97 Å². The van der Waals surface area contributed by atoms with E-state index in [1.165, 1.54) is 6.20 Å². The molecule has 1 heterocycles. The van der Waals surface area contributed by atoms with Crippen molar-refractivity contribution in [3.63, 3.8) is 0 Å². The first-order valence-electron chi connectivity index (χ1n) is 4.67. The summed E-state index contributed by atoms with van der Waals surface area (Å²) in [5.74, 6) is -0.761. The summed E-state index contributed by atoms with van der Waals surface area (Å²) in [4.78, 5) is 14.5. The van der Waals surface area contributed by atoms with Crippen LogP contribution < -0.4 is 4.74 Å². The van der Waals surface area contributed by atoms with Crippen LogP contribution in [-0.2, 0) is 0 Å². The van der Waals surface area contributed by atoms with Crippen LogP contribution in [0.2, 0.25) is 0 Å². The van der Waals surface area contributed by atoms with Crippen LogP contribution in [0.1, 0.15) is 23.3 Å². The monoisotopic (exact) mass is 207 g/mol. The number of carboxylic acid groups (broad SMARTS) is 1. The van der Waals surface area contributed by atoms with Crippen molar-refractivity contribution >= 4 is 5.97 Å². The van der Waals surface area contributed by atoms with Crippen LogP contribution in [0.4, 0.5) is 0 Å². The van der Waals surface area contributed by atoms with Crippen LogP contribution in [-0.4, -0.2) is 22.7 Å². The number of unbranched alkanes of at least 4 members (excludes halogenated alkanes) is 1. The minimum atomic E-state index is -1.07. The van der Waals surface area contributed by atoms with Crippen molar-refractivity contribution < 1.29 is 14.6 Å². The van der Waals surface area contributed by atoms with Crippen molar-refractivity contribution in [2.75, 3.05) is 6.61 Å². The highest BCUT2D eigenvalue weighted by Crippen LogP contribution is 2.15. The van der Waals surface area contributed by atoms with Gasteiger partial charge in [-0.3, -0.25) is 0 Å².